The molecule has 1 N–H and O–H groups in total. The van der Waals surface area contributed by atoms with Crippen LogP contribution >= 0.6 is 11.6 Å². The van der Waals surface area contributed by atoms with Crippen LogP contribution in [0.15, 0.2) is 0 Å². The van der Waals surface area contributed by atoms with Crippen LogP contribution in [0, 0.1) is 5.92 Å². The molecule has 0 radical (unpaired) electrons. The molecule has 0 aromatic heterocycles. The Balaban J connectivity index is 1.65. The standard InChI is InChI=1S/C9H16ClN/c10-7-9(4-5-9)11-6-8-2-1-3-8/h8,11H,1-7H2. The molecule has 2 heteroatoms. The summed E-state index contributed by atoms with van der Waals surface area (Å²) in [7, 11) is 0. The number of nitrogens with one attached hydrogen (secondary N) is 1. The molecule has 64 valence electrons. The second kappa shape index (κ2) is 2.95. The van der Waals surface area contributed by atoms with Gasteiger partial charge in [-0.25, -0.2) is 0 Å². The Kier molecular flexibility index (Phi) is 2.11. The third kappa shape index (κ3) is 1.70. The monoisotopic (exact) mass is 173 g/mol. The summed E-state index contributed by atoms with van der Waals surface area (Å²) in [4.78, 5) is 0. The van der Waals surface area contributed by atoms with Crippen molar-refractivity contribution in [2.45, 2.75) is 37.6 Å². The molecule has 0 amide bonds. The molecule has 2 saturated carbocycles. The second-order valence-corrected chi connectivity index (χ2v) is 4.36. The molecule has 2 aliphatic rings. The SMILES string of the molecule is ClCC1(NCC2CCC2)CC1. The highest BCUT2D eigenvalue weighted by Gasteiger charge is 2.41. The average Bonchev–Trinajstić information content (AvgIpc) is 2.66. The van der Waals surface area contributed by atoms with Crippen molar-refractivity contribution >= 4 is 11.6 Å². The van der Waals surface area contributed by atoms with Gasteiger partial charge < -0.3 is 5.32 Å². The molecular weight excluding hydrogens is 158 g/mol. The van der Waals surface area contributed by atoms with Crippen molar-refractivity contribution in [3.05, 3.63) is 0 Å². The van der Waals surface area contributed by atoms with Gasteiger partial charge in [-0.05, 0) is 38.1 Å². The highest BCUT2D eigenvalue weighted by Crippen LogP contribution is 2.37. The molecule has 0 spiro atoms. The van der Waals surface area contributed by atoms with Crippen molar-refractivity contribution in [2.24, 2.45) is 5.92 Å². The van der Waals surface area contributed by atoms with Gasteiger partial charge in [-0.2, -0.15) is 0 Å². The van der Waals surface area contributed by atoms with E-state index in [0.717, 1.165) is 11.8 Å². The molecule has 0 aromatic rings. The van der Waals surface area contributed by atoms with E-state index in [9.17, 15) is 0 Å². The third-order valence-electron chi connectivity index (χ3n) is 3.10. The molecule has 1 nitrogen and oxygen atoms in total. The highest BCUT2D eigenvalue weighted by molar-refractivity contribution is 6.18. The van der Waals surface area contributed by atoms with Gasteiger partial charge in [-0.3, -0.25) is 0 Å². The maximum Gasteiger partial charge on any atom is 0.0406 e. The van der Waals surface area contributed by atoms with E-state index in [1.165, 1.54) is 38.6 Å². The van der Waals surface area contributed by atoms with Gasteiger partial charge in [0.1, 0.15) is 0 Å². The van der Waals surface area contributed by atoms with Crippen molar-refractivity contribution in [3.8, 4) is 0 Å². The Hall–Kier alpha value is 0.250. The fraction of sp³-hybridized carbons (Fsp3) is 1.00. The van der Waals surface area contributed by atoms with Crippen LogP contribution < -0.4 is 5.32 Å². The summed E-state index contributed by atoms with van der Waals surface area (Å²) in [6, 6.07) is 0. The summed E-state index contributed by atoms with van der Waals surface area (Å²) in [5, 5.41) is 3.59. The molecule has 11 heavy (non-hydrogen) atoms. The number of rotatable bonds is 4. The molecule has 0 aromatic carbocycles. The predicted molar refractivity (Wildman–Crippen MR) is 48.0 cm³/mol. The summed E-state index contributed by atoms with van der Waals surface area (Å²) >= 11 is 5.84. The van der Waals surface area contributed by atoms with Crippen molar-refractivity contribution in [3.63, 3.8) is 0 Å². The summed E-state index contributed by atoms with van der Waals surface area (Å²) in [6.07, 6.45) is 6.91. The minimum atomic E-state index is 0.372. The lowest BCUT2D eigenvalue weighted by molar-refractivity contribution is 0.288. The summed E-state index contributed by atoms with van der Waals surface area (Å²) in [5.41, 5.74) is 0.372. The Morgan fingerprint density at radius 3 is 2.45 bits per heavy atom. The van der Waals surface area contributed by atoms with Gasteiger partial charge in [0.15, 0.2) is 0 Å². The molecule has 0 bridgehead atoms. The molecule has 0 aliphatic heterocycles. The average molecular weight is 174 g/mol. The van der Waals surface area contributed by atoms with Gasteiger partial charge >= 0.3 is 0 Å². The zero-order valence-electron chi connectivity index (χ0n) is 6.91. The van der Waals surface area contributed by atoms with E-state index in [0.29, 0.717) is 5.54 Å². The van der Waals surface area contributed by atoms with Gasteiger partial charge in [-0.1, -0.05) is 6.42 Å². The van der Waals surface area contributed by atoms with E-state index >= 15 is 0 Å². The lowest BCUT2D eigenvalue weighted by Crippen LogP contribution is -2.38. The maximum absolute atomic E-state index is 5.84. The Morgan fingerprint density at radius 1 is 1.36 bits per heavy atom. The number of hydrogen-bond acceptors (Lipinski definition) is 1. The minimum absolute atomic E-state index is 0.372. The summed E-state index contributed by atoms with van der Waals surface area (Å²) < 4.78 is 0. The molecule has 0 saturated heterocycles. The van der Waals surface area contributed by atoms with Gasteiger partial charge in [0.25, 0.3) is 0 Å². The van der Waals surface area contributed by atoms with Crippen LogP contribution in [0.25, 0.3) is 0 Å². The molecule has 0 atom stereocenters. The first-order valence-electron chi connectivity index (χ1n) is 4.66. The number of hydrogen-bond donors (Lipinski definition) is 1. The van der Waals surface area contributed by atoms with Crippen molar-refractivity contribution in [2.75, 3.05) is 12.4 Å². The Morgan fingerprint density at radius 2 is 2.09 bits per heavy atom. The van der Waals surface area contributed by atoms with Gasteiger partial charge in [0.2, 0.25) is 0 Å². The Bertz CT molecular complexity index is 138. The van der Waals surface area contributed by atoms with Crippen molar-refractivity contribution < 1.29 is 0 Å². The van der Waals surface area contributed by atoms with Crippen LogP contribution in [0.5, 0.6) is 0 Å². The van der Waals surface area contributed by atoms with Gasteiger partial charge in [-0.15, -0.1) is 11.6 Å². The van der Waals surface area contributed by atoms with Crippen LogP contribution in [-0.2, 0) is 0 Å². The van der Waals surface area contributed by atoms with Crippen LogP contribution in [0.4, 0.5) is 0 Å². The third-order valence-corrected chi connectivity index (χ3v) is 3.61. The van der Waals surface area contributed by atoms with Crippen LogP contribution in [0.3, 0.4) is 0 Å². The molecule has 0 unspecified atom stereocenters. The lowest BCUT2D eigenvalue weighted by Gasteiger charge is -2.27. The summed E-state index contributed by atoms with van der Waals surface area (Å²) in [6.45, 7) is 1.22. The molecule has 2 fully saturated rings. The Labute approximate surface area is 73.5 Å². The second-order valence-electron chi connectivity index (χ2n) is 4.09. The zero-order valence-corrected chi connectivity index (χ0v) is 7.66. The van der Waals surface area contributed by atoms with Crippen molar-refractivity contribution in [1.29, 1.82) is 0 Å². The number of halogens is 1. The van der Waals surface area contributed by atoms with Crippen molar-refractivity contribution in [1.82, 2.24) is 5.32 Å². The first-order valence-corrected chi connectivity index (χ1v) is 5.19. The first-order chi connectivity index (χ1) is 5.35. The van der Waals surface area contributed by atoms with Crippen LogP contribution in [0.2, 0.25) is 0 Å². The first kappa shape index (κ1) is 7.88. The van der Waals surface area contributed by atoms with Gasteiger partial charge in [0.05, 0.1) is 0 Å². The molecule has 0 heterocycles. The van der Waals surface area contributed by atoms with Gasteiger partial charge in [0, 0.05) is 11.4 Å². The topological polar surface area (TPSA) is 12.0 Å². The highest BCUT2D eigenvalue weighted by atomic mass is 35.5. The van der Waals surface area contributed by atoms with E-state index in [1.54, 1.807) is 0 Å². The molecular formula is C9H16ClN. The smallest absolute Gasteiger partial charge is 0.0406 e. The fourth-order valence-electron chi connectivity index (χ4n) is 1.57. The normalized spacial score (nSPS) is 28.1. The quantitative estimate of drug-likeness (QED) is 0.643. The predicted octanol–water partition coefficient (Wildman–Crippen LogP) is 2.15. The molecule has 2 rings (SSSR count). The van der Waals surface area contributed by atoms with E-state index in [-0.39, 0.29) is 0 Å². The van der Waals surface area contributed by atoms with E-state index in [1.807, 2.05) is 0 Å². The fourth-order valence-corrected chi connectivity index (χ4v) is 1.93. The molecule has 2 aliphatic carbocycles. The van der Waals surface area contributed by atoms with E-state index < -0.39 is 0 Å². The van der Waals surface area contributed by atoms with Crippen LogP contribution in [0.1, 0.15) is 32.1 Å². The van der Waals surface area contributed by atoms with E-state index in [4.69, 9.17) is 11.6 Å². The largest absolute Gasteiger partial charge is 0.310 e. The number of alkyl halides is 1. The zero-order chi connectivity index (χ0) is 7.73. The minimum Gasteiger partial charge on any atom is -0.310 e. The summed E-state index contributed by atoms with van der Waals surface area (Å²) in [5.74, 6) is 1.77. The maximum atomic E-state index is 5.84. The van der Waals surface area contributed by atoms with E-state index in [2.05, 4.69) is 5.32 Å². The van der Waals surface area contributed by atoms with Crippen LogP contribution in [-0.4, -0.2) is 18.0 Å². The lowest BCUT2D eigenvalue weighted by atomic mass is 9.85.